The van der Waals surface area contributed by atoms with Gasteiger partial charge in [0, 0.05) is 13.1 Å². The number of fused-ring (bicyclic) bond motifs is 2. The molecule has 4 aromatic carbocycles. The highest BCUT2D eigenvalue weighted by atomic mass is 16.5. The predicted molar refractivity (Wildman–Crippen MR) is 272 cm³/mol. The second-order valence-corrected chi connectivity index (χ2v) is 22.2. The lowest BCUT2D eigenvalue weighted by Crippen LogP contribution is -2.36. The third kappa shape index (κ3) is 16.2. The number of carboxylic acid groups (broad SMARTS) is 1. The van der Waals surface area contributed by atoms with Crippen LogP contribution in [0.3, 0.4) is 0 Å². The van der Waals surface area contributed by atoms with Crippen molar-refractivity contribution in [3.05, 3.63) is 83.9 Å². The number of aliphatic carboxylic acids is 1. The molecule has 0 unspecified atom stereocenters. The average Bonchev–Trinajstić information content (AvgIpc) is 3.31. The van der Waals surface area contributed by atoms with Crippen LogP contribution < -0.4 is 9.47 Å². The van der Waals surface area contributed by atoms with Crippen LogP contribution in [0.25, 0.3) is 21.5 Å². The minimum Gasteiger partial charge on any atom is -0.490 e. The molecule has 0 spiro atoms. The SMILES string of the molecule is CC(C)(C)OCC1CCC(Oc2ccc3cc(CN4CCC(C(=O)O)CC4)ccc3c2)CC1.CCOC(=O)C1CCN(Cc2ccc3cc(OC4CCC(COC(C)(C)C)CC4)ccc3c2)CC1. The molecule has 1 N–H and O–H groups in total. The molecule has 0 aromatic heterocycles. The number of rotatable bonds is 15. The van der Waals surface area contributed by atoms with Gasteiger partial charge in [0.1, 0.15) is 11.5 Å². The van der Waals surface area contributed by atoms with E-state index in [1.165, 1.54) is 58.4 Å². The van der Waals surface area contributed by atoms with E-state index in [0.29, 0.717) is 30.7 Å². The minimum atomic E-state index is -0.652. The Balaban J connectivity index is 0.000000202. The Morgan fingerprint density at radius 1 is 0.529 bits per heavy atom. The number of benzene rings is 4. The third-order valence-corrected chi connectivity index (χ3v) is 14.4. The predicted octanol–water partition coefficient (Wildman–Crippen LogP) is 12.3. The lowest BCUT2D eigenvalue weighted by molar-refractivity contribution is -0.149. The highest BCUT2D eigenvalue weighted by molar-refractivity contribution is 5.85. The fraction of sp³-hybridized carbons (Fsp3) is 0.621. The van der Waals surface area contributed by atoms with E-state index in [0.717, 1.165) is 115 Å². The van der Waals surface area contributed by atoms with Crippen molar-refractivity contribution in [3.63, 3.8) is 0 Å². The molecule has 2 saturated carbocycles. The van der Waals surface area contributed by atoms with Crippen LogP contribution >= 0.6 is 0 Å². The molecule has 2 aliphatic carbocycles. The van der Waals surface area contributed by atoms with Crippen molar-refractivity contribution in [2.24, 2.45) is 23.7 Å². The zero-order valence-electron chi connectivity index (χ0n) is 42.4. The monoisotopic (exact) mass is 935 g/mol. The van der Waals surface area contributed by atoms with Crippen LogP contribution in [0.2, 0.25) is 0 Å². The van der Waals surface area contributed by atoms with E-state index < -0.39 is 5.97 Å². The molecule has 2 aliphatic heterocycles. The normalized spacial score (nSPS) is 22.6. The largest absolute Gasteiger partial charge is 0.490 e. The third-order valence-electron chi connectivity index (χ3n) is 14.4. The highest BCUT2D eigenvalue weighted by Crippen LogP contribution is 2.33. The second-order valence-electron chi connectivity index (χ2n) is 22.2. The summed E-state index contributed by atoms with van der Waals surface area (Å²) in [4.78, 5) is 27.9. The lowest BCUT2D eigenvalue weighted by Gasteiger charge is -2.31. The van der Waals surface area contributed by atoms with Crippen molar-refractivity contribution < 1.29 is 38.4 Å². The first-order valence-corrected chi connectivity index (χ1v) is 26.0. The van der Waals surface area contributed by atoms with Gasteiger partial charge in [0.05, 0.1) is 55.1 Å². The number of likely N-dealkylation sites (tertiary alicyclic amines) is 2. The number of esters is 1. The average molecular weight is 935 g/mol. The quantitative estimate of drug-likeness (QED) is 0.116. The van der Waals surface area contributed by atoms with Gasteiger partial charge in [-0.15, -0.1) is 0 Å². The van der Waals surface area contributed by atoms with E-state index in [9.17, 15) is 14.7 Å². The van der Waals surface area contributed by atoms with Gasteiger partial charge in [-0.1, -0.05) is 36.4 Å². The van der Waals surface area contributed by atoms with E-state index in [2.05, 4.69) is 124 Å². The van der Waals surface area contributed by atoms with Crippen LogP contribution in [0.4, 0.5) is 0 Å². The van der Waals surface area contributed by atoms with Gasteiger partial charge < -0.3 is 28.8 Å². The Hall–Kier alpha value is -4.22. The highest BCUT2D eigenvalue weighted by Gasteiger charge is 2.28. The number of carboxylic acids is 1. The fourth-order valence-electron chi connectivity index (χ4n) is 10.3. The van der Waals surface area contributed by atoms with Crippen LogP contribution in [-0.4, -0.2) is 96.3 Å². The number of nitrogens with zero attached hydrogens (tertiary/aromatic N) is 2. The summed E-state index contributed by atoms with van der Waals surface area (Å²) in [7, 11) is 0. The van der Waals surface area contributed by atoms with Crippen molar-refractivity contribution in [1.82, 2.24) is 9.80 Å². The Labute approximate surface area is 407 Å². The van der Waals surface area contributed by atoms with Crippen LogP contribution in [0.1, 0.15) is 137 Å². The molecule has 0 radical (unpaired) electrons. The number of hydrogen-bond acceptors (Lipinski definition) is 9. The number of ether oxygens (including phenoxy) is 5. The summed E-state index contributed by atoms with van der Waals surface area (Å²) >= 11 is 0. The van der Waals surface area contributed by atoms with Gasteiger partial charge in [-0.2, -0.15) is 0 Å². The van der Waals surface area contributed by atoms with Gasteiger partial charge in [0.2, 0.25) is 0 Å². The van der Waals surface area contributed by atoms with Gasteiger partial charge >= 0.3 is 11.9 Å². The summed E-state index contributed by atoms with van der Waals surface area (Å²) in [6, 6.07) is 26.2. The first kappa shape index (κ1) is 51.6. The van der Waals surface area contributed by atoms with E-state index in [4.69, 9.17) is 23.7 Å². The molecule has 4 aliphatic rings. The molecule has 0 atom stereocenters. The summed E-state index contributed by atoms with van der Waals surface area (Å²) in [5.41, 5.74) is 2.48. The van der Waals surface area contributed by atoms with E-state index in [1.807, 2.05) is 6.92 Å². The molecule has 2 heterocycles. The Bertz CT molecular complexity index is 2210. The number of carbonyl (C=O) groups excluding carboxylic acids is 1. The van der Waals surface area contributed by atoms with Gasteiger partial charge in [-0.3, -0.25) is 19.4 Å². The molecule has 0 bridgehead atoms. The zero-order chi connectivity index (χ0) is 48.3. The molecule has 10 nitrogen and oxygen atoms in total. The Kier molecular flexibility index (Phi) is 18.3. The standard InChI is InChI=1S/C30H43NO4.C28H39NO4/c1-5-33-29(32)24-14-16-31(17-15-24)20-23-6-9-26-19-28(13-10-25(26)18-23)35-27-11-7-22(8-12-27)21-34-30(2,3)4;1-28(2,3)32-19-20-5-9-25(10-6-20)33-26-11-8-23-16-21(4-7-24(23)17-26)18-29-14-12-22(13-15-29)27(30)31/h6,9-10,13,18-19,22,24,27H,5,7-8,11-12,14-17,20-21H2,1-4H3;4,7-8,11,16-17,20,22,25H,5-6,9-10,12-15,18-19H2,1-3H3,(H,30,31). The second kappa shape index (κ2) is 24.1. The Morgan fingerprint density at radius 2 is 0.912 bits per heavy atom. The summed E-state index contributed by atoms with van der Waals surface area (Å²) in [5.74, 6) is 2.44. The number of carbonyl (C=O) groups is 2. The number of hydrogen-bond donors (Lipinski definition) is 1. The van der Waals surface area contributed by atoms with Crippen molar-refractivity contribution in [3.8, 4) is 11.5 Å². The lowest BCUT2D eigenvalue weighted by atomic mass is 9.88. The minimum absolute atomic E-state index is 0.0292. The fourth-order valence-corrected chi connectivity index (χ4v) is 10.3. The maximum atomic E-state index is 12.0. The molecule has 0 amide bonds. The smallest absolute Gasteiger partial charge is 0.309 e. The molecular weight excluding hydrogens is 853 g/mol. The van der Waals surface area contributed by atoms with Crippen molar-refractivity contribution >= 4 is 33.5 Å². The van der Waals surface area contributed by atoms with E-state index in [1.54, 1.807) is 0 Å². The van der Waals surface area contributed by atoms with Crippen molar-refractivity contribution in [1.29, 1.82) is 0 Å². The van der Waals surface area contributed by atoms with Crippen LogP contribution in [0.5, 0.6) is 11.5 Å². The van der Waals surface area contributed by atoms with Crippen LogP contribution in [0, 0.1) is 23.7 Å². The van der Waals surface area contributed by atoms with Crippen molar-refractivity contribution in [2.45, 2.75) is 162 Å². The molecule has 4 fully saturated rings. The van der Waals surface area contributed by atoms with Gasteiger partial charge in [0.15, 0.2) is 0 Å². The molecular formula is C58H82N2O8. The summed E-state index contributed by atoms with van der Waals surface area (Å²) < 4.78 is 29.9. The van der Waals surface area contributed by atoms with Crippen LogP contribution in [0.15, 0.2) is 72.8 Å². The summed E-state index contributed by atoms with van der Waals surface area (Å²) in [6.07, 6.45) is 12.9. The van der Waals surface area contributed by atoms with E-state index >= 15 is 0 Å². The van der Waals surface area contributed by atoms with Crippen LogP contribution in [-0.2, 0) is 36.9 Å². The topological polar surface area (TPSA) is 107 Å². The molecule has 4 aromatic rings. The summed E-state index contributed by atoms with van der Waals surface area (Å²) in [6.45, 7) is 22.2. The first-order chi connectivity index (χ1) is 32.5. The maximum absolute atomic E-state index is 12.0. The number of piperidine rings is 2. The van der Waals surface area contributed by atoms with E-state index in [-0.39, 0.29) is 29.0 Å². The summed E-state index contributed by atoms with van der Waals surface area (Å²) in [5, 5.41) is 14.1. The maximum Gasteiger partial charge on any atom is 0.309 e. The van der Waals surface area contributed by atoms with Gasteiger partial charge in [0.25, 0.3) is 0 Å². The van der Waals surface area contributed by atoms with Gasteiger partial charge in [-0.05, 0) is 233 Å². The first-order valence-electron chi connectivity index (χ1n) is 26.0. The van der Waals surface area contributed by atoms with Crippen molar-refractivity contribution in [2.75, 3.05) is 46.0 Å². The molecule has 372 valence electrons. The van der Waals surface area contributed by atoms with Gasteiger partial charge in [-0.25, -0.2) is 0 Å². The molecule has 8 rings (SSSR count). The Morgan fingerprint density at radius 3 is 1.29 bits per heavy atom. The zero-order valence-corrected chi connectivity index (χ0v) is 42.4. The molecule has 2 saturated heterocycles. The molecule has 68 heavy (non-hydrogen) atoms. The molecule has 10 heteroatoms.